The van der Waals surface area contributed by atoms with Crippen molar-refractivity contribution in [1.82, 2.24) is 10.3 Å². The van der Waals surface area contributed by atoms with E-state index in [1.54, 1.807) is 16.8 Å². The lowest BCUT2D eigenvalue weighted by molar-refractivity contribution is -0.136. The Hall–Kier alpha value is -0.940. The van der Waals surface area contributed by atoms with Crippen molar-refractivity contribution in [2.45, 2.75) is 19.9 Å². The first-order valence-electron chi connectivity index (χ1n) is 4.01. The number of carboxylic acid groups (broad SMARTS) is 1. The molecule has 0 spiro atoms. The first-order chi connectivity index (χ1) is 6.20. The highest BCUT2D eigenvalue weighted by Crippen LogP contribution is 2.10. The number of carboxylic acids is 1. The fraction of sp³-hybridized carbons (Fsp3) is 0.500. The van der Waals surface area contributed by atoms with Crippen molar-refractivity contribution in [3.05, 3.63) is 16.1 Å². The SMILES string of the molecule is Cc1ncsc1CNCCC(=O)O. The van der Waals surface area contributed by atoms with Crippen molar-refractivity contribution in [1.29, 1.82) is 0 Å². The highest BCUT2D eigenvalue weighted by molar-refractivity contribution is 7.09. The number of thiazole rings is 1. The van der Waals surface area contributed by atoms with Crippen LogP contribution in [0.5, 0.6) is 0 Å². The molecule has 13 heavy (non-hydrogen) atoms. The molecular weight excluding hydrogens is 188 g/mol. The highest BCUT2D eigenvalue weighted by atomic mass is 32.1. The molecule has 4 nitrogen and oxygen atoms in total. The molecule has 0 aliphatic rings. The van der Waals surface area contributed by atoms with Crippen LogP contribution in [-0.4, -0.2) is 22.6 Å². The lowest BCUT2D eigenvalue weighted by Gasteiger charge is -2.00. The van der Waals surface area contributed by atoms with Crippen molar-refractivity contribution in [2.24, 2.45) is 0 Å². The zero-order valence-electron chi connectivity index (χ0n) is 7.41. The second-order valence-corrected chi connectivity index (χ2v) is 3.62. The van der Waals surface area contributed by atoms with E-state index in [0.717, 1.165) is 5.69 Å². The van der Waals surface area contributed by atoms with Gasteiger partial charge in [-0.05, 0) is 6.92 Å². The van der Waals surface area contributed by atoms with E-state index in [-0.39, 0.29) is 6.42 Å². The minimum Gasteiger partial charge on any atom is -0.481 e. The minimum atomic E-state index is -0.770. The molecule has 0 aliphatic heterocycles. The topological polar surface area (TPSA) is 62.2 Å². The van der Waals surface area contributed by atoms with E-state index >= 15 is 0 Å². The average molecular weight is 200 g/mol. The molecular formula is C8H12N2O2S. The van der Waals surface area contributed by atoms with Crippen molar-refractivity contribution in [3.8, 4) is 0 Å². The molecule has 0 fully saturated rings. The van der Waals surface area contributed by atoms with Gasteiger partial charge in [-0.25, -0.2) is 4.98 Å². The lowest BCUT2D eigenvalue weighted by Crippen LogP contribution is -2.17. The summed E-state index contributed by atoms with van der Waals surface area (Å²) in [4.78, 5) is 15.4. The van der Waals surface area contributed by atoms with Gasteiger partial charge in [0.05, 0.1) is 17.6 Å². The van der Waals surface area contributed by atoms with Gasteiger partial charge in [0.15, 0.2) is 0 Å². The predicted octanol–water partition coefficient (Wildman–Crippen LogP) is 1.02. The van der Waals surface area contributed by atoms with Crippen LogP contribution in [0.4, 0.5) is 0 Å². The molecule has 0 amide bonds. The van der Waals surface area contributed by atoms with Crippen LogP contribution in [0.3, 0.4) is 0 Å². The molecule has 0 atom stereocenters. The van der Waals surface area contributed by atoms with Crippen LogP contribution in [0.1, 0.15) is 17.0 Å². The van der Waals surface area contributed by atoms with Crippen LogP contribution in [0.25, 0.3) is 0 Å². The summed E-state index contributed by atoms with van der Waals surface area (Å²) in [5, 5.41) is 11.4. The Balaban J connectivity index is 2.20. The molecule has 2 N–H and O–H groups in total. The van der Waals surface area contributed by atoms with Gasteiger partial charge in [0, 0.05) is 18.0 Å². The average Bonchev–Trinajstić information content (AvgIpc) is 2.45. The predicted molar refractivity (Wildman–Crippen MR) is 50.8 cm³/mol. The molecule has 1 aromatic heterocycles. The molecule has 1 aromatic rings. The van der Waals surface area contributed by atoms with E-state index < -0.39 is 5.97 Å². The number of nitrogens with zero attached hydrogens (tertiary/aromatic N) is 1. The van der Waals surface area contributed by atoms with E-state index in [9.17, 15) is 4.79 Å². The maximum atomic E-state index is 10.2. The number of hydrogen-bond donors (Lipinski definition) is 2. The van der Waals surface area contributed by atoms with Gasteiger partial charge in [-0.2, -0.15) is 0 Å². The number of aliphatic carboxylic acids is 1. The third-order valence-corrected chi connectivity index (χ3v) is 2.58. The third kappa shape index (κ3) is 3.52. The monoisotopic (exact) mass is 200 g/mol. The van der Waals surface area contributed by atoms with Gasteiger partial charge >= 0.3 is 5.97 Å². The summed E-state index contributed by atoms with van der Waals surface area (Å²) in [6.45, 7) is 3.17. The summed E-state index contributed by atoms with van der Waals surface area (Å²) in [5.41, 5.74) is 2.82. The summed E-state index contributed by atoms with van der Waals surface area (Å²) in [6.07, 6.45) is 0.165. The summed E-state index contributed by atoms with van der Waals surface area (Å²) >= 11 is 1.59. The van der Waals surface area contributed by atoms with Crippen LogP contribution in [0.15, 0.2) is 5.51 Å². The number of aromatic nitrogens is 1. The van der Waals surface area contributed by atoms with Gasteiger partial charge in [0.2, 0.25) is 0 Å². The van der Waals surface area contributed by atoms with Crippen LogP contribution < -0.4 is 5.32 Å². The Morgan fingerprint density at radius 1 is 1.77 bits per heavy atom. The van der Waals surface area contributed by atoms with E-state index in [1.165, 1.54) is 4.88 Å². The van der Waals surface area contributed by atoms with E-state index in [0.29, 0.717) is 13.1 Å². The minimum absolute atomic E-state index is 0.165. The van der Waals surface area contributed by atoms with E-state index in [2.05, 4.69) is 10.3 Å². The Kier molecular flexibility index (Phi) is 3.85. The molecule has 0 saturated carbocycles. The first kappa shape index (κ1) is 10.1. The molecule has 72 valence electrons. The maximum Gasteiger partial charge on any atom is 0.304 e. The molecule has 5 heteroatoms. The molecule has 0 bridgehead atoms. The first-order valence-corrected chi connectivity index (χ1v) is 4.89. The summed E-state index contributed by atoms with van der Waals surface area (Å²) < 4.78 is 0. The molecule has 1 heterocycles. The van der Waals surface area contributed by atoms with Crippen molar-refractivity contribution in [2.75, 3.05) is 6.54 Å². The zero-order chi connectivity index (χ0) is 9.68. The Morgan fingerprint density at radius 2 is 2.54 bits per heavy atom. The molecule has 0 aliphatic carbocycles. The quantitative estimate of drug-likeness (QED) is 0.696. The lowest BCUT2D eigenvalue weighted by atomic mass is 10.3. The van der Waals surface area contributed by atoms with Crippen molar-refractivity contribution >= 4 is 17.3 Å². The van der Waals surface area contributed by atoms with Crippen LogP contribution >= 0.6 is 11.3 Å². The molecule has 1 rings (SSSR count). The number of rotatable bonds is 5. The fourth-order valence-corrected chi connectivity index (χ4v) is 1.64. The normalized spacial score (nSPS) is 10.2. The number of hydrogen-bond acceptors (Lipinski definition) is 4. The Morgan fingerprint density at radius 3 is 3.08 bits per heavy atom. The van der Waals surface area contributed by atoms with Gasteiger partial charge in [-0.3, -0.25) is 4.79 Å². The largest absolute Gasteiger partial charge is 0.481 e. The van der Waals surface area contributed by atoms with Gasteiger partial charge in [0.25, 0.3) is 0 Å². The second kappa shape index (κ2) is 4.94. The molecule has 0 unspecified atom stereocenters. The van der Waals surface area contributed by atoms with Gasteiger partial charge < -0.3 is 10.4 Å². The Labute approximate surface area is 80.6 Å². The second-order valence-electron chi connectivity index (χ2n) is 2.68. The number of aryl methyl sites for hydroxylation is 1. The van der Waals surface area contributed by atoms with Crippen LogP contribution in [0, 0.1) is 6.92 Å². The summed E-state index contributed by atoms with van der Waals surface area (Å²) in [5.74, 6) is -0.770. The molecule has 0 radical (unpaired) electrons. The molecule has 0 saturated heterocycles. The summed E-state index contributed by atoms with van der Waals surface area (Å²) in [7, 11) is 0. The van der Waals surface area contributed by atoms with Gasteiger partial charge in [-0.15, -0.1) is 11.3 Å². The number of carbonyl (C=O) groups is 1. The van der Waals surface area contributed by atoms with Crippen molar-refractivity contribution in [3.63, 3.8) is 0 Å². The maximum absolute atomic E-state index is 10.2. The van der Waals surface area contributed by atoms with Gasteiger partial charge in [0.1, 0.15) is 0 Å². The smallest absolute Gasteiger partial charge is 0.304 e. The summed E-state index contributed by atoms with van der Waals surface area (Å²) in [6, 6.07) is 0. The van der Waals surface area contributed by atoms with E-state index in [4.69, 9.17) is 5.11 Å². The highest BCUT2D eigenvalue weighted by Gasteiger charge is 2.00. The Bertz CT molecular complexity index is 285. The van der Waals surface area contributed by atoms with Crippen LogP contribution in [0.2, 0.25) is 0 Å². The van der Waals surface area contributed by atoms with Gasteiger partial charge in [-0.1, -0.05) is 0 Å². The van der Waals surface area contributed by atoms with E-state index in [1.807, 2.05) is 6.92 Å². The molecule has 0 aromatic carbocycles. The fourth-order valence-electron chi connectivity index (χ4n) is 0.893. The standard InChI is InChI=1S/C8H12N2O2S/c1-6-7(13-5-10-6)4-9-3-2-8(11)12/h5,9H,2-4H2,1H3,(H,11,12). The van der Waals surface area contributed by atoms with Crippen LogP contribution in [-0.2, 0) is 11.3 Å². The third-order valence-electron chi connectivity index (χ3n) is 1.65. The van der Waals surface area contributed by atoms with Crippen molar-refractivity contribution < 1.29 is 9.90 Å². The zero-order valence-corrected chi connectivity index (χ0v) is 8.23. The number of nitrogens with one attached hydrogen (secondary N) is 1.